The van der Waals surface area contributed by atoms with Gasteiger partial charge in [-0.2, -0.15) is 10.2 Å². The molecule has 4 rings (SSSR count). The van der Waals surface area contributed by atoms with Crippen LogP contribution in [0.15, 0.2) is 35.3 Å². The van der Waals surface area contributed by atoms with Gasteiger partial charge in [-0.05, 0) is 37.1 Å². The summed E-state index contributed by atoms with van der Waals surface area (Å²) >= 11 is 0. The van der Waals surface area contributed by atoms with E-state index in [1.807, 2.05) is 0 Å². The Labute approximate surface area is 119 Å². The standard InChI is InChI=1S/C15H13FN4O/c1-19-15(21)14-12(13(18-19)9-2-3-9)8-17-20(14)11-6-4-10(16)5-7-11/h4-9H,2-3H2,1H3. The second-order valence-corrected chi connectivity index (χ2v) is 5.38. The van der Waals surface area contributed by atoms with Gasteiger partial charge in [0.2, 0.25) is 0 Å². The number of nitrogens with zero attached hydrogens (tertiary/aromatic N) is 4. The van der Waals surface area contributed by atoms with Crippen molar-refractivity contribution in [3.8, 4) is 5.69 Å². The fraction of sp³-hybridized carbons (Fsp3) is 0.267. The molecule has 1 aliphatic rings. The average Bonchev–Trinajstić information content (AvgIpc) is 3.22. The van der Waals surface area contributed by atoms with Crippen molar-refractivity contribution in [1.82, 2.24) is 19.6 Å². The summed E-state index contributed by atoms with van der Waals surface area (Å²) in [6.07, 6.45) is 3.88. The van der Waals surface area contributed by atoms with Crippen molar-refractivity contribution < 1.29 is 4.39 Å². The molecular formula is C15H13FN4O. The van der Waals surface area contributed by atoms with Crippen LogP contribution in [-0.2, 0) is 7.05 Å². The zero-order valence-electron chi connectivity index (χ0n) is 11.5. The second-order valence-electron chi connectivity index (χ2n) is 5.38. The molecule has 1 fully saturated rings. The van der Waals surface area contributed by atoms with Crippen LogP contribution in [0, 0.1) is 5.82 Å². The molecule has 0 atom stereocenters. The monoisotopic (exact) mass is 284 g/mol. The molecule has 106 valence electrons. The predicted octanol–water partition coefficient (Wildman–Crippen LogP) is 2.14. The number of halogens is 1. The minimum absolute atomic E-state index is 0.198. The first-order valence-corrected chi connectivity index (χ1v) is 6.86. The Morgan fingerprint density at radius 2 is 1.95 bits per heavy atom. The molecule has 0 bridgehead atoms. The minimum Gasteiger partial charge on any atom is -0.265 e. The van der Waals surface area contributed by atoms with Crippen molar-refractivity contribution in [2.75, 3.05) is 0 Å². The average molecular weight is 284 g/mol. The molecule has 1 saturated carbocycles. The molecule has 3 aromatic rings. The molecule has 2 aromatic heterocycles. The van der Waals surface area contributed by atoms with E-state index in [0.717, 1.165) is 23.9 Å². The first-order chi connectivity index (χ1) is 10.1. The van der Waals surface area contributed by atoms with Gasteiger partial charge in [0.15, 0.2) is 0 Å². The van der Waals surface area contributed by atoms with Crippen LogP contribution in [0.25, 0.3) is 16.6 Å². The third-order valence-electron chi connectivity index (χ3n) is 3.83. The third-order valence-corrected chi connectivity index (χ3v) is 3.83. The highest BCUT2D eigenvalue weighted by Gasteiger charge is 2.29. The van der Waals surface area contributed by atoms with Crippen LogP contribution in [0.5, 0.6) is 0 Å². The molecule has 1 aliphatic carbocycles. The quantitative estimate of drug-likeness (QED) is 0.724. The molecule has 0 spiro atoms. The Morgan fingerprint density at radius 3 is 2.62 bits per heavy atom. The van der Waals surface area contributed by atoms with Crippen LogP contribution < -0.4 is 5.56 Å². The van der Waals surface area contributed by atoms with Crippen LogP contribution in [0.1, 0.15) is 24.5 Å². The third kappa shape index (κ3) is 1.86. The van der Waals surface area contributed by atoms with Crippen molar-refractivity contribution in [2.24, 2.45) is 7.05 Å². The maximum absolute atomic E-state index is 13.1. The van der Waals surface area contributed by atoms with Crippen LogP contribution >= 0.6 is 0 Å². The van der Waals surface area contributed by atoms with Crippen molar-refractivity contribution in [3.63, 3.8) is 0 Å². The molecule has 0 radical (unpaired) electrons. The summed E-state index contributed by atoms with van der Waals surface area (Å²) in [5.41, 5.74) is 1.90. The molecule has 0 aliphatic heterocycles. The van der Waals surface area contributed by atoms with Gasteiger partial charge in [-0.1, -0.05) is 0 Å². The van der Waals surface area contributed by atoms with Gasteiger partial charge in [-0.25, -0.2) is 13.8 Å². The van der Waals surface area contributed by atoms with Gasteiger partial charge < -0.3 is 0 Å². The summed E-state index contributed by atoms with van der Waals surface area (Å²) in [5, 5.41) is 9.48. The highest BCUT2D eigenvalue weighted by atomic mass is 19.1. The number of hydrogen-bond acceptors (Lipinski definition) is 3. The van der Waals surface area contributed by atoms with E-state index in [1.165, 1.54) is 16.8 Å². The molecule has 0 saturated heterocycles. The van der Waals surface area contributed by atoms with E-state index in [9.17, 15) is 9.18 Å². The van der Waals surface area contributed by atoms with Gasteiger partial charge >= 0.3 is 0 Å². The smallest absolute Gasteiger partial charge is 0.265 e. The second kappa shape index (κ2) is 4.25. The highest BCUT2D eigenvalue weighted by Crippen LogP contribution is 2.41. The van der Waals surface area contributed by atoms with Crippen LogP contribution in [-0.4, -0.2) is 19.6 Å². The van der Waals surface area contributed by atoms with Gasteiger partial charge in [0, 0.05) is 18.4 Å². The molecule has 0 amide bonds. The van der Waals surface area contributed by atoms with Gasteiger partial charge in [0.05, 0.1) is 17.6 Å². The van der Waals surface area contributed by atoms with Crippen molar-refractivity contribution >= 4 is 10.9 Å². The zero-order chi connectivity index (χ0) is 14.6. The molecule has 1 aromatic carbocycles. The Hall–Kier alpha value is -2.50. The summed E-state index contributed by atoms with van der Waals surface area (Å²) in [4.78, 5) is 12.4. The summed E-state index contributed by atoms with van der Waals surface area (Å²) in [7, 11) is 1.65. The van der Waals surface area contributed by atoms with Crippen molar-refractivity contribution in [2.45, 2.75) is 18.8 Å². The van der Waals surface area contributed by atoms with Crippen molar-refractivity contribution in [3.05, 3.63) is 52.3 Å². The number of hydrogen-bond donors (Lipinski definition) is 0. The fourth-order valence-electron chi connectivity index (χ4n) is 2.59. The lowest BCUT2D eigenvalue weighted by Gasteiger charge is -2.06. The number of aromatic nitrogens is 4. The number of fused-ring (bicyclic) bond motifs is 1. The van der Waals surface area contributed by atoms with E-state index in [-0.39, 0.29) is 11.4 Å². The molecule has 6 heteroatoms. The predicted molar refractivity (Wildman–Crippen MR) is 76.0 cm³/mol. The normalized spacial score (nSPS) is 14.8. The molecule has 0 unspecified atom stereocenters. The number of benzene rings is 1. The van der Waals surface area contributed by atoms with Crippen molar-refractivity contribution in [1.29, 1.82) is 0 Å². The topological polar surface area (TPSA) is 52.7 Å². The summed E-state index contributed by atoms with van der Waals surface area (Å²) in [5.74, 6) is 0.105. The van der Waals surface area contributed by atoms with E-state index in [0.29, 0.717) is 17.1 Å². The Morgan fingerprint density at radius 1 is 1.24 bits per heavy atom. The highest BCUT2D eigenvalue weighted by molar-refractivity contribution is 5.82. The van der Waals surface area contributed by atoms with Gasteiger partial charge in [-0.3, -0.25) is 4.79 Å². The Bertz CT molecular complexity index is 890. The largest absolute Gasteiger partial charge is 0.293 e. The van der Waals surface area contributed by atoms with E-state index >= 15 is 0 Å². The molecule has 0 N–H and O–H groups in total. The SMILES string of the molecule is Cn1nc(C2CC2)c2cnn(-c3ccc(F)cc3)c2c1=O. The van der Waals surface area contributed by atoms with E-state index in [1.54, 1.807) is 30.1 Å². The summed E-state index contributed by atoms with van der Waals surface area (Å²) in [6.45, 7) is 0. The molecule has 5 nitrogen and oxygen atoms in total. The number of aryl methyl sites for hydroxylation is 1. The lowest BCUT2D eigenvalue weighted by atomic mass is 10.2. The molecule has 2 heterocycles. The van der Waals surface area contributed by atoms with Gasteiger partial charge in [-0.15, -0.1) is 0 Å². The Balaban J connectivity index is 2.03. The lowest BCUT2D eigenvalue weighted by molar-refractivity contribution is 0.627. The molecule has 21 heavy (non-hydrogen) atoms. The van der Waals surface area contributed by atoms with E-state index < -0.39 is 0 Å². The maximum Gasteiger partial charge on any atom is 0.293 e. The van der Waals surface area contributed by atoms with E-state index in [4.69, 9.17) is 0 Å². The zero-order valence-corrected chi connectivity index (χ0v) is 11.5. The fourth-order valence-corrected chi connectivity index (χ4v) is 2.59. The van der Waals surface area contributed by atoms with E-state index in [2.05, 4.69) is 10.2 Å². The summed E-state index contributed by atoms with van der Waals surface area (Å²) in [6, 6.07) is 5.93. The molecular weight excluding hydrogens is 271 g/mol. The minimum atomic E-state index is -0.316. The summed E-state index contributed by atoms with van der Waals surface area (Å²) < 4.78 is 16.0. The van der Waals surface area contributed by atoms with Gasteiger partial charge in [0.25, 0.3) is 5.56 Å². The lowest BCUT2D eigenvalue weighted by Crippen LogP contribution is -2.23. The first kappa shape index (κ1) is 12.3. The van der Waals surface area contributed by atoms with Crippen LogP contribution in [0.3, 0.4) is 0 Å². The first-order valence-electron chi connectivity index (χ1n) is 6.86. The maximum atomic E-state index is 13.1. The Kier molecular flexibility index (Phi) is 2.48. The van der Waals surface area contributed by atoms with Crippen LogP contribution in [0.4, 0.5) is 4.39 Å². The van der Waals surface area contributed by atoms with Gasteiger partial charge in [0.1, 0.15) is 11.3 Å². The van der Waals surface area contributed by atoms with Crippen LogP contribution in [0.2, 0.25) is 0 Å². The number of rotatable bonds is 2.